The molecule has 1 amide bonds. The van der Waals surface area contributed by atoms with Crippen molar-refractivity contribution in [3.8, 4) is 0 Å². The monoisotopic (exact) mass is 472 g/mol. The maximum atomic E-state index is 13.0. The van der Waals surface area contributed by atoms with Gasteiger partial charge in [-0.3, -0.25) is 19.2 Å². The number of sulfonamides is 1. The lowest BCUT2D eigenvalue weighted by Crippen LogP contribution is -2.38. The van der Waals surface area contributed by atoms with E-state index in [4.69, 9.17) is 0 Å². The molecular weight excluding hydrogens is 444 g/mol. The summed E-state index contributed by atoms with van der Waals surface area (Å²) in [5.41, 5.74) is 2.34. The van der Waals surface area contributed by atoms with Crippen molar-refractivity contribution in [3.63, 3.8) is 0 Å². The molecule has 0 aliphatic carbocycles. The van der Waals surface area contributed by atoms with Crippen molar-refractivity contribution in [2.45, 2.75) is 26.2 Å². The van der Waals surface area contributed by atoms with Gasteiger partial charge in [0.2, 0.25) is 10.0 Å². The third-order valence-electron chi connectivity index (χ3n) is 6.39. The van der Waals surface area contributed by atoms with E-state index in [1.54, 1.807) is 18.2 Å². The number of nitro benzene ring substituents is 1. The van der Waals surface area contributed by atoms with Crippen LogP contribution in [0.1, 0.15) is 35.7 Å². The number of rotatable bonds is 7. The van der Waals surface area contributed by atoms with Gasteiger partial charge in [-0.2, -0.15) is 0 Å². The first-order valence-electron chi connectivity index (χ1n) is 11.2. The first kappa shape index (κ1) is 23.0. The average Bonchev–Trinajstić information content (AvgIpc) is 3.24. The molecule has 0 spiro atoms. The van der Waals surface area contributed by atoms with Gasteiger partial charge >= 0.3 is 0 Å². The Labute approximate surface area is 193 Å². The van der Waals surface area contributed by atoms with Gasteiger partial charge in [0.1, 0.15) is 0 Å². The zero-order valence-electron chi connectivity index (χ0n) is 18.6. The first-order chi connectivity index (χ1) is 15.8. The highest BCUT2D eigenvalue weighted by molar-refractivity contribution is 7.92. The number of para-hydroxylation sites is 1. The van der Waals surface area contributed by atoms with Gasteiger partial charge in [-0.15, -0.1) is 0 Å². The number of amides is 1. The molecule has 0 atom stereocenters. The summed E-state index contributed by atoms with van der Waals surface area (Å²) in [4.78, 5) is 25.8. The number of nitro groups is 1. The van der Waals surface area contributed by atoms with Crippen LogP contribution in [0.2, 0.25) is 0 Å². The highest BCUT2D eigenvalue weighted by atomic mass is 32.2. The largest absolute Gasteiger partial charge is 0.371 e. The van der Waals surface area contributed by atoms with E-state index in [1.807, 2.05) is 12.1 Å². The minimum atomic E-state index is -3.61. The fourth-order valence-electron chi connectivity index (χ4n) is 4.44. The van der Waals surface area contributed by atoms with E-state index in [1.165, 1.54) is 16.4 Å². The molecule has 33 heavy (non-hydrogen) atoms. The molecular formula is C23H28N4O5S. The van der Waals surface area contributed by atoms with Gasteiger partial charge < -0.3 is 10.2 Å². The second-order valence-electron chi connectivity index (χ2n) is 8.65. The van der Waals surface area contributed by atoms with Crippen molar-refractivity contribution < 1.29 is 18.1 Å². The molecule has 0 radical (unpaired) electrons. The van der Waals surface area contributed by atoms with Crippen molar-refractivity contribution in [1.29, 1.82) is 0 Å². The number of hydrogen-bond donors (Lipinski definition) is 1. The molecule has 2 aliphatic heterocycles. The summed E-state index contributed by atoms with van der Waals surface area (Å²) < 4.78 is 27.1. The van der Waals surface area contributed by atoms with Crippen LogP contribution in [0.25, 0.3) is 0 Å². The van der Waals surface area contributed by atoms with Crippen LogP contribution in [0, 0.1) is 16.0 Å². The maximum absolute atomic E-state index is 13.0. The number of piperidine rings is 1. The van der Waals surface area contributed by atoms with E-state index < -0.39 is 20.9 Å². The molecule has 9 nitrogen and oxygen atoms in total. The predicted octanol–water partition coefficient (Wildman–Crippen LogP) is 2.95. The topological polar surface area (TPSA) is 113 Å². The molecule has 2 aliphatic rings. The molecule has 1 N–H and O–H groups in total. The second kappa shape index (κ2) is 9.38. The first-order valence-corrected chi connectivity index (χ1v) is 12.8. The highest BCUT2D eigenvalue weighted by Crippen LogP contribution is 2.31. The molecule has 0 saturated carbocycles. The Kier molecular flexibility index (Phi) is 6.55. The normalized spacial score (nSPS) is 16.5. The lowest BCUT2D eigenvalue weighted by atomic mass is 9.98. The maximum Gasteiger partial charge on any atom is 0.270 e. The van der Waals surface area contributed by atoms with E-state index in [0.29, 0.717) is 30.3 Å². The number of nitrogens with zero attached hydrogens (tertiary/aromatic N) is 3. The van der Waals surface area contributed by atoms with Gasteiger partial charge in [0, 0.05) is 38.3 Å². The number of fused-ring (bicyclic) bond motifs is 1. The number of anilines is 2. The summed E-state index contributed by atoms with van der Waals surface area (Å²) in [7, 11) is -3.61. The third kappa shape index (κ3) is 4.95. The smallest absolute Gasteiger partial charge is 0.270 e. The van der Waals surface area contributed by atoms with Crippen molar-refractivity contribution in [2.75, 3.05) is 41.1 Å². The van der Waals surface area contributed by atoms with Crippen molar-refractivity contribution in [1.82, 2.24) is 5.32 Å². The van der Waals surface area contributed by atoms with Crippen LogP contribution in [0.3, 0.4) is 0 Å². The Morgan fingerprint density at radius 2 is 1.85 bits per heavy atom. The van der Waals surface area contributed by atoms with Gasteiger partial charge in [-0.25, -0.2) is 8.42 Å². The van der Waals surface area contributed by atoms with E-state index in [9.17, 15) is 23.3 Å². The minimum absolute atomic E-state index is 0.0843. The number of nitrogens with one attached hydrogen (secondary N) is 1. The zero-order valence-corrected chi connectivity index (χ0v) is 19.4. The van der Waals surface area contributed by atoms with Crippen LogP contribution in [0.4, 0.5) is 17.1 Å². The quantitative estimate of drug-likeness (QED) is 0.490. The minimum Gasteiger partial charge on any atom is -0.371 e. The highest BCUT2D eigenvalue weighted by Gasteiger charge is 2.29. The molecule has 10 heteroatoms. The number of carbonyl (C=O) groups excluding carboxylic acids is 1. The van der Waals surface area contributed by atoms with Crippen LogP contribution >= 0.6 is 0 Å². The standard InChI is InChI=1S/C23H28N4O5S/c1-17-8-12-25(13-9-17)22-7-6-19(27(29)30)16-20(22)23(28)24-11-15-33(31,32)26-14-10-18-4-2-3-5-21(18)26/h2-7,16-17H,8-15H2,1H3,(H,24,28). The predicted molar refractivity (Wildman–Crippen MR) is 127 cm³/mol. The molecule has 2 heterocycles. The Morgan fingerprint density at radius 3 is 2.58 bits per heavy atom. The molecule has 0 unspecified atom stereocenters. The fraction of sp³-hybridized carbons (Fsp3) is 0.435. The summed E-state index contributed by atoms with van der Waals surface area (Å²) >= 11 is 0. The summed E-state index contributed by atoms with van der Waals surface area (Å²) in [5, 5.41) is 13.9. The van der Waals surface area contributed by atoms with Gasteiger partial charge in [0.15, 0.2) is 0 Å². The van der Waals surface area contributed by atoms with E-state index >= 15 is 0 Å². The van der Waals surface area contributed by atoms with Gasteiger partial charge in [0.25, 0.3) is 11.6 Å². The molecule has 2 aromatic carbocycles. The molecule has 1 saturated heterocycles. The Hall–Kier alpha value is -3.14. The van der Waals surface area contributed by atoms with Crippen LogP contribution in [-0.4, -0.2) is 51.2 Å². The van der Waals surface area contributed by atoms with E-state index in [0.717, 1.165) is 31.5 Å². The Morgan fingerprint density at radius 1 is 1.12 bits per heavy atom. The number of carbonyl (C=O) groups is 1. The van der Waals surface area contributed by atoms with Gasteiger partial charge in [-0.05, 0) is 42.9 Å². The van der Waals surface area contributed by atoms with Crippen LogP contribution < -0.4 is 14.5 Å². The summed E-state index contributed by atoms with van der Waals surface area (Å²) in [6.07, 6.45) is 2.62. The van der Waals surface area contributed by atoms with Crippen molar-refractivity contribution >= 4 is 33.0 Å². The second-order valence-corrected chi connectivity index (χ2v) is 10.7. The van der Waals surface area contributed by atoms with Crippen LogP contribution in [-0.2, 0) is 16.4 Å². The molecule has 4 rings (SSSR count). The average molecular weight is 473 g/mol. The van der Waals surface area contributed by atoms with E-state index in [-0.39, 0.29) is 23.5 Å². The Bertz CT molecular complexity index is 1160. The van der Waals surface area contributed by atoms with Crippen molar-refractivity contribution in [3.05, 3.63) is 63.7 Å². The molecule has 0 aromatic heterocycles. The summed E-state index contributed by atoms with van der Waals surface area (Å²) in [6, 6.07) is 11.7. The van der Waals surface area contributed by atoms with Crippen LogP contribution in [0.5, 0.6) is 0 Å². The number of benzene rings is 2. The third-order valence-corrected chi connectivity index (χ3v) is 8.16. The van der Waals surface area contributed by atoms with E-state index in [2.05, 4.69) is 17.1 Å². The van der Waals surface area contributed by atoms with Crippen LogP contribution in [0.15, 0.2) is 42.5 Å². The molecule has 2 aromatic rings. The fourth-order valence-corrected chi connectivity index (χ4v) is 5.87. The van der Waals surface area contributed by atoms with Gasteiger partial charge in [-0.1, -0.05) is 25.1 Å². The summed E-state index contributed by atoms with van der Waals surface area (Å²) in [6.45, 7) is 4.01. The lowest BCUT2D eigenvalue weighted by Gasteiger charge is -2.33. The summed E-state index contributed by atoms with van der Waals surface area (Å²) in [5.74, 6) is -0.166. The molecule has 176 valence electrons. The number of non-ortho nitro benzene ring substituents is 1. The molecule has 0 bridgehead atoms. The van der Waals surface area contributed by atoms with Crippen molar-refractivity contribution in [2.24, 2.45) is 5.92 Å². The molecule has 1 fully saturated rings. The van der Waals surface area contributed by atoms with Gasteiger partial charge in [0.05, 0.1) is 27.6 Å². The lowest BCUT2D eigenvalue weighted by molar-refractivity contribution is -0.384. The zero-order chi connectivity index (χ0) is 23.6. The number of hydrogen-bond acceptors (Lipinski definition) is 6. The Balaban J connectivity index is 1.46. The SMILES string of the molecule is CC1CCN(c2ccc([N+](=O)[O-])cc2C(=O)NCCS(=O)(=O)N2CCc3ccccc32)CC1.